The third kappa shape index (κ3) is 9.20. The average Bonchev–Trinajstić information content (AvgIpc) is 3.94. The number of fused-ring (bicyclic) bond motifs is 3. The first-order valence-electron chi connectivity index (χ1n) is 24.0. The Morgan fingerprint density at radius 3 is 1.77 bits per heavy atom. The first-order valence-corrected chi connectivity index (χ1v) is 24.0. The van der Waals surface area contributed by atoms with Crippen LogP contribution in [-0.2, 0) is 42.7 Å². The molecule has 0 spiro atoms. The van der Waals surface area contributed by atoms with Crippen LogP contribution in [0.2, 0.25) is 0 Å². The zero-order valence-corrected chi connectivity index (χ0v) is 44.1. The van der Waals surface area contributed by atoms with Gasteiger partial charge in [0.25, 0.3) is 6.33 Å². The SMILES string of the molecule is CC(C)(C)c1cccc(-[n+]2[c-]n(-c3[c-]c(Oc4[c-]c5c(cc4)c4cc(C(C)(C)c6ccccc6)ccc4n5-c4cc(C(C)(C)C)ccn4)cc(C(C)(C)c4ccccc4)c3)cc2-c2ccccc2)c1.[Pt]. The molecule has 10 aromatic rings. The van der Waals surface area contributed by atoms with E-state index in [1.807, 2.05) is 12.3 Å². The van der Waals surface area contributed by atoms with E-state index in [0.29, 0.717) is 11.5 Å². The van der Waals surface area contributed by atoms with Gasteiger partial charge in [-0.2, -0.15) is 12.1 Å². The summed E-state index contributed by atoms with van der Waals surface area (Å²) >= 11 is 0. The Bertz CT molecular complexity index is 3480. The van der Waals surface area contributed by atoms with E-state index in [1.54, 1.807) is 0 Å². The van der Waals surface area contributed by atoms with Crippen molar-refractivity contribution < 1.29 is 30.4 Å². The third-order valence-corrected chi connectivity index (χ3v) is 14.0. The van der Waals surface area contributed by atoms with Gasteiger partial charge in [-0.3, -0.25) is 4.57 Å². The van der Waals surface area contributed by atoms with Crippen LogP contribution in [0, 0.1) is 18.5 Å². The van der Waals surface area contributed by atoms with Gasteiger partial charge in [0.1, 0.15) is 5.82 Å². The van der Waals surface area contributed by atoms with Crippen LogP contribution in [0.5, 0.6) is 11.5 Å². The van der Waals surface area contributed by atoms with Gasteiger partial charge in [0, 0.05) is 55.9 Å². The maximum Gasteiger partial charge on any atom is 0.267 e. The van der Waals surface area contributed by atoms with Crippen LogP contribution in [0.25, 0.3) is 50.3 Å². The number of ether oxygens (including phenoxy) is 1. The predicted molar refractivity (Wildman–Crippen MR) is 282 cm³/mol. The smallest absolute Gasteiger partial charge is 0.267 e. The molecule has 10 rings (SSSR count). The van der Waals surface area contributed by atoms with Crippen LogP contribution in [0.15, 0.2) is 182 Å². The molecule has 6 heteroatoms. The first kappa shape index (κ1) is 48.2. The molecule has 0 radical (unpaired) electrons. The summed E-state index contributed by atoms with van der Waals surface area (Å²) in [5, 5.41) is 2.21. The maximum atomic E-state index is 7.00. The fourth-order valence-corrected chi connectivity index (χ4v) is 9.47. The number of aromatic nitrogens is 4. The summed E-state index contributed by atoms with van der Waals surface area (Å²) in [5.41, 5.74) is 12.4. The Balaban J connectivity index is 0.00000608. The van der Waals surface area contributed by atoms with Crippen molar-refractivity contribution >= 4 is 21.8 Å². The Morgan fingerprint density at radius 2 is 1.11 bits per heavy atom. The summed E-state index contributed by atoms with van der Waals surface area (Å²) < 4.78 is 13.4. The van der Waals surface area contributed by atoms with E-state index in [9.17, 15) is 0 Å². The molecule has 0 unspecified atom stereocenters. The Kier molecular flexibility index (Phi) is 12.7. The minimum absolute atomic E-state index is 0. The van der Waals surface area contributed by atoms with Gasteiger partial charge in [0.2, 0.25) is 0 Å². The number of hydrogen-bond acceptors (Lipinski definition) is 2. The zero-order chi connectivity index (χ0) is 48.3. The molecule has 0 amide bonds. The maximum absolute atomic E-state index is 7.00. The molecule has 5 nitrogen and oxygen atoms in total. The standard InChI is InChI=1S/C64H60N4O.Pt/c1-61(2,3)47-27-20-28-51(35-47)67-43-66(42-59(67)44-21-14-11-15-22-44)52-36-50(64(9,10)46-25-18-13-19-26-46)37-54(40-52)69-53-30-31-55-56-38-49(63(7,8)45-23-16-12-17-24-45)29-32-57(56)68(58(55)41-53)60-39-48(33-34-65-60)62(4,5)6;/h11-39,42H,1-10H3;/q-2;. The topological polar surface area (TPSA) is 35.9 Å². The summed E-state index contributed by atoms with van der Waals surface area (Å²) in [6.07, 6.45) is 7.80. The van der Waals surface area contributed by atoms with Crippen LogP contribution < -0.4 is 9.30 Å². The summed E-state index contributed by atoms with van der Waals surface area (Å²) in [4.78, 5) is 5.00. The van der Waals surface area contributed by atoms with E-state index in [4.69, 9.17) is 9.72 Å². The largest absolute Gasteiger partial charge is 0.510 e. The van der Waals surface area contributed by atoms with Crippen LogP contribution >= 0.6 is 0 Å². The molecule has 0 atom stereocenters. The van der Waals surface area contributed by atoms with Gasteiger partial charge in [-0.25, -0.2) is 4.98 Å². The summed E-state index contributed by atoms with van der Waals surface area (Å²) in [5.74, 6) is 2.00. The molecular formula is C64H60N4OPt-2. The molecule has 3 aromatic heterocycles. The number of nitrogens with zero attached hydrogens (tertiary/aromatic N) is 4. The number of hydrogen-bond donors (Lipinski definition) is 0. The van der Waals surface area contributed by atoms with Gasteiger partial charge in [-0.15, -0.1) is 35.2 Å². The van der Waals surface area contributed by atoms with Gasteiger partial charge in [0.05, 0.1) is 11.4 Å². The molecule has 7 aromatic carbocycles. The van der Waals surface area contributed by atoms with Crippen molar-refractivity contribution in [3.8, 4) is 39.9 Å². The van der Waals surface area contributed by atoms with Gasteiger partial charge < -0.3 is 13.9 Å². The van der Waals surface area contributed by atoms with Crippen molar-refractivity contribution in [3.05, 3.63) is 234 Å². The molecule has 0 saturated carbocycles. The second kappa shape index (κ2) is 18.5. The number of benzene rings is 7. The van der Waals surface area contributed by atoms with E-state index < -0.39 is 0 Å². The molecule has 70 heavy (non-hydrogen) atoms. The molecule has 0 fully saturated rings. The van der Waals surface area contributed by atoms with E-state index in [2.05, 4.69) is 271 Å². The van der Waals surface area contributed by atoms with E-state index in [0.717, 1.165) is 55.8 Å². The number of imidazole rings is 1. The third-order valence-electron chi connectivity index (χ3n) is 14.0. The van der Waals surface area contributed by atoms with Crippen molar-refractivity contribution in [2.75, 3.05) is 0 Å². The fraction of sp³-hybridized carbons (Fsp3) is 0.219. The Morgan fingerprint density at radius 1 is 0.500 bits per heavy atom. The normalized spacial score (nSPS) is 12.3. The van der Waals surface area contributed by atoms with Crippen molar-refractivity contribution in [3.63, 3.8) is 0 Å². The fourth-order valence-electron chi connectivity index (χ4n) is 9.47. The van der Waals surface area contributed by atoms with Crippen LogP contribution in [0.4, 0.5) is 0 Å². The van der Waals surface area contributed by atoms with Gasteiger partial charge in [-0.05, 0) is 91.0 Å². The van der Waals surface area contributed by atoms with Crippen LogP contribution in [0.1, 0.15) is 103 Å². The first-order chi connectivity index (χ1) is 32.9. The second-order valence-electron chi connectivity index (χ2n) is 21.5. The number of rotatable bonds is 10. The van der Waals surface area contributed by atoms with Gasteiger partial charge in [0.15, 0.2) is 0 Å². The Hall–Kier alpha value is -6.81. The van der Waals surface area contributed by atoms with E-state index in [1.165, 1.54) is 27.8 Å². The molecule has 0 N–H and O–H groups in total. The van der Waals surface area contributed by atoms with E-state index in [-0.39, 0.29) is 42.7 Å². The van der Waals surface area contributed by atoms with Crippen molar-refractivity contribution in [1.29, 1.82) is 0 Å². The monoisotopic (exact) mass is 1100 g/mol. The van der Waals surface area contributed by atoms with E-state index >= 15 is 0 Å². The van der Waals surface area contributed by atoms with Gasteiger partial charge >= 0.3 is 0 Å². The minimum atomic E-state index is -0.384. The molecule has 3 heterocycles. The molecule has 0 saturated heterocycles. The predicted octanol–water partition coefficient (Wildman–Crippen LogP) is 15.4. The zero-order valence-electron chi connectivity index (χ0n) is 41.8. The molecule has 0 bridgehead atoms. The quantitative estimate of drug-likeness (QED) is 0.101. The molecule has 0 aliphatic carbocycles. The minimum Gasteiger partial charge on any atom is -0.510 e. The summed E-state index contributed by atoms with van der Waals surface area (Å²) in [6, 6.07) is 67.9. The molecule has 0 aliphatic rings. The molecule has 0 aliphatic heterocycles. The van der Waals surface area contributed by atoms with Crippen molar-refractivity contribution in [2.45, 2.75) is 90.9 Å². The van der Waals surface area contributed by atoms with Crippen LogP contribution in [-0.4, -0.2) is 14.1 Å². The molecule has 354 valence electrons. The average molecular weight is 1100 g/mol. The summed E-state index contributed by atoms with van der Waals surface area (Å²) in [7, 11) is 0. The van der Waals surface area contributed by atoms with Crippen LogP contribution in [0.3, 0.4) is 0 Å². The van der Waals surface area contributed by atoms with Crippen molar-refractivity contribution in [1.82, 2.24) is 14.1 Å². The second-order valence-corrected chi connectivity index (χ2v) is 21.5. The number of pyridine rings is 1. The van der Waals surface area contributed by atoms with Gasteiger partial charge in [-0.1, -0.05) is 190 Å². The van der Waals surface area contributed by atoms with Crippen molar-refractivity contribution in [2.24, 2.45) is 0 Å². The Labute approximate surface area is 428 Å². The molecular weight excluding hydrogens is 1040 g/mol. The summed E-state index contributed by atoms with van der Waals surface area (Å²) in [6.45, 7) is 22.6.